The van der Waals surface area contributed by atoms with Crippen molar-refractivity contribution in [1.82, 2.24) is 9.88 Å². The summed E-state index contributed by atoms with van der Waals surface area (Å²) in [6.07, 6.45) is 0. The average molecular weight is 328 g/mol. The van der Waals surface area contributed by atoms with Gasteiger partial charge in [-0.05, 0) is 0 Å². The number of fused-ring (bicyclic) bond motifs is 2. The van der Waals surface area contributed by atoms with Crippen LogP contribution in [0.15, 0.2) is 9.82 Å². The Morgan fingerprint density at radius 1 is 1.33 bits per heavy atom. The van der Waals surface area contributed by atoms with E-state index in [-0.39, 0.29) is 4.87 Å². The lowest BCUT2D eigenvalue weighted by atomic mass is 9.76. The Balaban J connectivity index is 2.07. The molecule has 0 unspecified atom stereocenters. The number of amides is 2. The number of nitrogens with zero attached hydrogens (tertiary/aromatic N) is 1. The summed E-state index contributed by atoms with van der Waals surface area (Å²) in [5, 5.41) is 8.77. The molecule has 0 spiro atoms. The van der Waals surface area contributed by atoms with Gasteiger partial charge in [-0.2, -0.15) is 0 Å². The molecule has 1 aromatic rings. The van der Waals surface area contributed by atoms with Crippen LogP contribution in [-0.2, 0) is 19.8 Å². The van der Waals surface area contributed by atoms with Crippen molar-refractivity contribution in [3.63, 3.8) is 0 Å². The lowest BCUT2D eigenvalue weighted by molar-refractivity contribution is -0.149. The number of carbonyl (C=O) groups excluding carboxylic acids is 2. The maximum absolute atomic E-state index is 12.5. The molecule has 21 heavy (non-hydrogen) atoms. The summed E-state index contributed by atoms with van der Waals surface area (Å²) in [5.41, 5.74) is -0.685. The second kappa shape index (κ2) is 4.44. The van der Waals surface area contributed by atoms with E-state index in [1.807, 2.05) is 13.8 Å². The third kappa shape index (κ3) is 1.95. The van der Waals surface area contributed by atoms with Crippen LogP contribution in [0.5, 0.6) is 0 Å². The van der Waals surface area contributed by atoms with Crippen LogP contribution in [0.2, 0.25) is 0 Å². The number of thiazole rings is 1. The van der Waals surface area contributed by atoms with E-state index >= 15 is 0 Å². The molecule has 3 heterocycles. The molecule has 1 aromatic heterocycles. The summed E-state index contributed by atoms with van der Waals surface area (Å²) in [5.74, 6) is -2.84. The minimum absolute atomic E-state index is 0.220. The highest BCUT2D eigenvalue weighted by Crippen LogP contribution is 2.52. The van der Waals surface area contributed by atoms with E-state index in [4.69, 9.17) is 5.11 Å². The first kappa shape index (κ1) is 14.3. The first-order valence-electron chi connectivity index (χ1n) is 6.20. The van der Waals surface area contributed by atoms with Crippen LogP contribution in [-0.4, -0.2) is 44.6 Å². The summed E-state index contributed by atoms with van der Waals surface area (Å²) in [6, 6.07) is 0. The summed E-state index contributed by atoms with van der Waals surface area (Å²) >= 11 is 2.18. The monoisotopic (exact) mass is 328 g/mol. The number of aromatic nitrogens is 1. The van der Waals surface area contributed by atoms with E-state index in [2.05, 4.69) is 4.98 Å². The van der Waals surface area contributed by atoms with Crippen molar-refractivity contribution in [2.24, 2.45) is 5.92 Å². The van der Waals surface area contributed by atoms with Crippen LogP contribution in [0.3, 0.4) is 0 Å². The minimum atomic E-state index is -1.22. The Labute approximate surface area is 127 Å². The minimum Gasteiger partial charge on any atom is -0.480 e. The third-order valence-corrected chi connectivity index (χ3v) is 6.48. The number of hydrogen-bond donors (Lipinski definition) is 2. The fourth-order valence-corrected chi connectivity index (χ4v) is 5.69. The Morgan fingerprint density at radius 3 is 2.62 bits per heavy atom. The molecule has 0 bridgehead atoms. The zero-order valence-corrected chi connectivity index (χ0v) is 12.8. The predicted octanol–water partition coefficient (Wildman–Crippen LogP) is 0.258. The Kier molecular flexibility index (Phi) is 3.03. The van der Waals surface area contributed by atoms with E-state index in [0.717, 1.165) is 32.9 Å². The van der Waals surface area contributed by atoms with E-state index in [9.17, 15) is 19.2 Å². The smallest absolute Gasteiger partial charge is 0.323 e. The largest absolute Gasteiger partial charge is 0.480 e. The van der Waals surface area contributed by atoms with Gasteiger partial charge in [0.25, 0.3) is 0 Å². The number of likely N-dealkylation sites (tertiary alicyclic amines) is 1. The van der Waals surface area contributed by atoms with Gasteiger partial charge in [-0.1, -0.05) is 36.9 Å². The molecule has 2 aliphatic rings. The van der Waals surface area contributed by atoms with Gasteiger partial charge < -0.3 is 10.1 Å². The van der Waals surface area contributed by atoms with Crippen molar-refractivity contribution in [3.05, 3.63) is 14.5 Å². The summed E-state index contributed by atoms with van der Waals surface area (Å²) in [7, 11) is 0. The molecule has 0 aliphatic carbocycles. The highest BCUT2D eigenvalue weighted by molar-refractivity contribution is 8.00. The Bertz CT molecular complexity index is 719. The fourth-order valence-electron chi connectivity index (χ4n) is 2.89. The Hall–Kier alpha value is -1.61. The van der Waals surface area contributed by atoms with Gasteiger partial charge in [0.1, 0.15) is 11.8 Å². The molecule has 1 saturated heterocycles. The number of nitrogens with one attached hydrogen (secondary N) is 1. The number of aliphatic carboxylic acids is 1. The van der Waals surface area contributed by atoms with E-state index < -0.39 is 40.9 Å². The normalized spacial score (nSPS) is 26.7. The second-order valence-electron chi connectivity index (χ2n) is 5.57. The van der Waals surface area contributed by atoms with Gasteiger partial charge in [0.2, 0.25) is 11.8 Å². The Morgan fingerprint density at radius 2 is 2.00 bits per heavy atom. The maximum Gasteiger partial charge on any atom is 0.323 e. The third-order valence-electron chi connectivity index (χ3n) is 3.86. The lowest BCUT2D eigenvalue weighted by Crippen LogP contribution is -2.41. The molecular formula is C12H12N2O5S2. The second-order valence-corrected chi connectivity index (χ2v) is 7.70. The molecule has 1 fully saturated rings. The van der Waals surface area contributed by atoms with Gasteiger partial charge in [0.15, 0.2) is 0 Å². The summed E-state index contributed by atoms with van der Waals surface area (Å²) < 4.78 is 0. The molecular weight excluding hydrogens is 316 g/mol. The summed E-state index contributed by atoms with van der Waals surface area (Å²) in [4.78, 5) is 51.2. The predicted molar refractivity (Wildman–Crippen MR) is 75.5 cm³/mol. The van der Waals surface area contributed by atoms with Gasteiger partial charge in [-0.25, -0.2) is 0 Å². The van der Waals surface area contributed by atoms with E-state index in [1.165, 1.54) is 0 Å². The maximum atomic E-state index is 12.5. The van der Waals surface area contributed by atoms with Crippen molar-refractivity contribution < 1.29 is 19.5 Å². The number of H-pyrrole nitrogens is 1. The van der Waals surface area contributed by atoms with E-state index in [0.29, 0.717) is 5.03 Å². The highest BCUT2D eigenvalue weighted by Gasteiger charge is 2.59. The van der Waals surface area contributed by atoms with Gasteiger partial charge >= 0.3 is 10.8 Å². The molecule has 0 saturated carbocycles. The number of carbonyl (C=O) groups is 3. The van der Waals surface area contributed by atoms with Crippen LogP contribution in [0.25, 0.3) is 0 Å². The molecule has 2 amide bonds. The molecule has 0 aromatic carbocycles. The number of carboxylic acids is 1. The number of aromatic amines is 1. The molecule has 9 heteroatoms. The fraction of sp³-hybridized carbons (Fsp3) is 0.500. The number of rotatable bonds is 2. The molecule has 2 atom stereocenters. The van der Waals surface area contributed by atoms with Gasteiger partial charge in [-0.15, -0.1) is 0 Å². The number of thioether (sulfide) groups is 1. The van der Waals surface area contributed by atoms with Crippen LogP contribution in [0.4, 0.5) is 0 Å². The quantitative estimate of drug-likeness (QED) is 0.754. The average Bonchev–Trinajstić information content (AvgIpc) is 2.84. The lowest BCUT2D eigenvalue weighted by Gasteiger charge is -2.36. The zero-order valence-electron chi connectivity index (χ0n) is 11.2. The SMILES string of the molecule is CC1(C)c2sc(=O)[nH]c2S[C@@H]2C(=O)N(CC(=O)O)C(=O)[C@H]21. The summed E-state index contributed by atoms with van der Waals surface area (Å²) in [6.45, 7) is 3.00. The first-order valence-corrected chi connectivity index (χ1v) is 7.90. The molecule has 2 aliphatic heterocycles. The van der Waals surface area contributed by atoms with Gasteiger partial charge in [0.05, 0.1) is 10.9 Å². The molecule has 3 rings (SSSR count). The topological polar surface area (TPSA) is 108 Å². The van der Waals surface area contributed by atoms with Crippen molar-refractivity contribution in [3.8, 4) is 0 Å². The van der Waals surface area contributed by atoms with Crippen molar-refractivity contribution in [2.75, 3.05) is 6.54 Å². The molecule has 2 N–H and O–H groups in total. The van der Waals surface area contributed by atoms with Crippen molar-refractivity contribution >= 4 is 40.9 Å². The number of carboxylic acid groups (broad SMARTS) is 1. The molecule has 0 radical (unpaired) electrons. The van der Waals surface area contributed by atoms with Crippen molar-refractivity contribution in [2.45, 2.75) is 29.5 Å². The highest BCUT2D eigenvalue weighted by atomic mass is 32.2. The van der Waals surface area contributed by atoms with E-state index in [1.54, 1.807) is 0 Å². The first-order chi connectivity index (χ1) is 9.73. The van der Waals surface area contributed by atoms with Crippen molar-refractivity contribution in [1.29, 1.82) is 0 Å². The molecule has 7 nitrogen and oxygen atoms in total. The molecule has 112 valence electrons. The van der Waals surface area contributed by atoms with Crippen LogP contribution in [0.1, 0.15) is 18.7 Å². The number of imide groups is 1. The standard InChI is InChI=1S/C12H12N2O5S2/c1-12(2)5-6(20-8-7(12)21-11(19)13-8)10(18)14(9(5)17)3-4(15)16/h5-6H,3H2,1-2H3,(H,13,19)(H,15,16)/t5-,6-/m0/s1. The number of hydrogen-bond acceptors (Lipinski definition) is 6. The van der Waals surface area contributed by atoms with Gasteiger partial charge in [-0.3, -0.25) is 24.1 Å². The zero-order chi connectivity index (χ0) is 15.5. The van der Waals surface area contributed by atoms with Crippen LogP contribution >= 0.6 is 23.1 Å². The van der Waals surface area contributed by atoms with Gasteiger partial charge in [0, 0.05) is 10.3 Å². The van der Waals surface area contributed by atoms with Crippen LogP contribution < -0.4 is 4.87 Å². The van der Waals surface area contributed by atoms with Crippen LogP contribution in [0, 0.1) is 5.92 Å².